The summed E-state index contributed by atoms with van der Waals surface area (Å²) in [5.74, 6) is -119. The molecule has 0 unspecified atom stereocenters. The van der Waals surface area contributed by atoms with E-state index in [2.05, 4.69) is 9.47 Å². The Morgan fingerprint density at radius 3 is 0.727 bits per heavy atom. The van der Waals surface area contributed by atoms with Gasteiger partial charge in [0, 0.05) is 18.9 Å². The first-order valence-electron chi connectivity index (χ1n) is 16.0. The summed E-state index contributed by atoms with van der Waals surface area (Å²) in [6.07, 6.45) is -25.8. The van der Waals surface area contributed by atoms with Gasteiger partial charge in [-0.1, -0.05) is 0 Å². The molecule has 0 saturated heterocycles. The average Bonchev–Trinajstić information content (AvgIpc) is 3.13. The number of benzene rings is 1. The molecule has 0 atom stereocenters. The van der Waals surface area contributed by atoms with Crippen LogP contribution in [0.15, 0.2) is 18.2 Å². The van der Waals surface area contributed by atoms with Gasteiger partial charge in [-0.15, -0.1) is 0 Å². The summed E-state index contributed by atoms with van der Waals surface area (Å²) in [7, 11) is 0. The standard InChI is InChI=1S/C29H18F34O3/c30-14(31,16(34,35)18(38,39)20(42,43)22(46,47)24(50,51)26(54,55)28(58,59)60)3-1-5-65-12-7-11(10-64)8-13(9-12)66-6-2-4-15(32,33)17(36,37)19(40,41)21(44,45)23(48,49)25(52,53)27(56,57)29(61,62)63/h7-9,64H,1-6,10H2. The van der Waals surface area contributed by atoms with Gasteiger partial charge >= 0.3 is 95.3 Å². The van der Waals surface area contributed by atoms with E-state index in [1.807, 2.05) is 0 Å². The van der Waals surface area contributed by atoms with Gasteiger partial charge in [0.25, 0.3) is 0 Å². The van der Waals surface area contributed by atoms with E-state index in [1.165, 1.54) is 0 Å². The first-order valence-corrected chi connectivity index (χ1v) is 16.0. The maximum Gasteiger partial charge on any atom is 0.460 e. The highest BCUT2D eigenvalue weighted by atomic mass is 19.4. The summed E-state index contributed by atoms with van der Waals surface area (Å²) in [5, 5.41) is 9.25. The van der Waals surface area contributed by atoms with Crippen LogP contribution in [0.1, 0.15) is 31.2 Å². The van der Waals surface area contributed by atoms with Crippen molar-refractivity contribution >= 4 is 0 Å². The van der Waals surface area contributed by atoms with Gasteiger partial charge in [-0.25, -0.2) is 0 Å². The molecule has 0 bridgehead atoms. The highest BCUT2D eigenvalue weighted by Gasteiger charge is 2.96. The lowest BCUT2D eigenvalue weighted by Crippen LogP contribution is -2.74. The molecule has 3 nitrogen and oxygen atoms in total. The Morgan fingerprint density at radius 2 is 0.515 bits per heavy atom. The first kappa shape index (κ1) is 60.4. The SMILES string of the molecule is OCc1cc(OCCCC(F)(F)C(F)(F)C(F)(F)C(F)(F)C(F)(F)C(F)(F)C(F)(F)C(F)(F)F)cc(OCCCC(F)(F)C(F)(F)C(F)(F)C(F)(F)C(F)(F)C(F)(F)C(F)(F)C(F)(F)F)c1. The zero-order chi connectivity index (χ0) is 53.2. The minimum atomic E-state index is -8.90. The number of ether oxygens (including phenoxy) is 2. The van der Waals surface area contributed by atoms with Crippen molar-refractivity contribution in [2.75, 3.05) is 13.2 Å². The van der Waals surface area contributed by atoms with Crippen LogP contribution in [0.5, 0.6) is 11.5 Å². The van der Waals surface area contributed by atoms with Crippen molar-refractivity contribution in [1.82, 2.24) is 0 Å². The van der Waals surface area contributed by atoms with Crippen molar-refractivity contribution in [2.45, 2.75) is 128 Å². The second-order valence-corrected chi connectivity index (χ2v) is 13.2. The van der Waals surface area contributed by atoms with Crippen molar-refractivity contribution in [3.8, 4) is 11.5 Å². The second kappa shape index (κ2) is 17.4. The maximum absolute atomic E-state index is 14.1. The normalized spacial score (nSPS) is 15.9. The number of hydrogen-bond acceptors (Lipinski definition) is 3. The molecule has 0 radical (unpaired) electrons. The molecule has 0 aliphatic rings. The lowest BCUT2D eigenvalue weighted by atomic mass is 9.88. The number of alkyl halides is 34. The second-order valence-electron chi connectivity index (χ2n) is 13.2. The zero-order valence-corrected chi connectivity index (χ0v) is 30.3. The number of rotatable bonds is 23. The maximum atomic E-state index is 14.1. The first-order chi connectivity index (χ1) is 28.6. The molecule has 1 aromatic carbocycles. The summed E-state index contributed by atoms with van der Waals surface area (Å²) in [6.45, 7) is -4.51. The number of aliphatic hydroxyl groups is 1. The van der Waals surface area contributed by atoms with E-state index in [0.29, 0.717) is 18.2 Å². The van der Waals surface area contributed by atoms with Crippen molar-refractivity contribution in [1.29, 1.82) is 0 Å². The van der Waals surface area contributed by atoms with Gasteiger partial charge in [0.1, 0.15) is 11.5 Å². The van der Waals surface area contributed by atoms with Crippen LogP contribution in [0.25, 0.3) is 0 Å². The molecular formula is C29H18F34O3. The predicted molar refractivity (Wildman–Crippen MR) is 143 cm³/mol. The fourth-order valence-corrected chi connectivity index (χ4v) is 4.56. The van der Waals surface area contributed by atoms with Crippen LogP contribution < -0.4 is 9.47 Å². The molecule has 37 heteroatoms. The minimum absolute atomic E-state index is 0.319. The molecule has 0 heterocycles. The third-order valence-electron chi connectivity index (χ3n) is 8.50. The number of aliphatic hydroxyl groups excluding tert-OH is 1. The molecule has 1 rings (SSSR count). The van der Waals surface area contributed by atoms with Gasteiger partial charge < -0.3 is 14.6 Å². The monoisotopic (exact) mass is 1060 g/mol. The smallest absolute Gasteiger partial charge is 0.460 e. The lowest BCUT2D eigenvalue weighted by molar-refractivity contribution is -0.461. The van der Waals surface area contributed by atoms with Gasteiger partial charge in [0.15, 0.2) is 0 Å². The van der Waals surface area contributed by atoms with Crippen LogP contribution in [-0.4, -0.2) is 114 Å². The molecule has 1 N–H and O–H groups in total. The molecule has 0 spiro atoms. The van der Waals surface area contributed by atoms with Crippen LogP contribution in [0.2, 0.25) is 0 Å². The van der Waals surface area contributed by atoms with Crippen molar-refractivity contribution in [3.05, 3.63) is 23.8 Å². The topological polar surface area (TPSA) is 38.7 Å². The molecule has 0 aromatic heterocycles. The van der Waals surface area contributed by atoms with Gasteiger partial charge in [0.05, 0.1) is 19.8 Å². The van der Waals surface area contributed by atoms with Crippen LogP contribution in [0.3, 0.4) is 0 Å². The molecule has 66 heavy (non-hydrogen) atoms. The van der Waals surface area contributed by atoms with E-state index in [-0.39, 0.29) is 0 Å². The molecule has 390 valence electrons. The van der Waals surface area contributed by atoms with E-state index < -0.39 is 158 Å². The van der Waals surface area contributed by atoms with Crippen molar-refractivity contribution < 1.29 is 164 Å². The largest absolute Gasteiger partial charge is 0.493 e. The van der Waals surface area contributed by atoms with Crippen molar-refractivity contribution in [3.63, 3.8) is 0 Å². The summed E-state index contributed by atoms with van der Waals surface area (Å²) in [5.41, 5.74) is -0.595. The Bertz CT molecular complexity index is 1680. The van der Waals surface area contributed by atoms with E-state index in [0.717, 1.165) is 0 Å². The molecule has 0 saturated carbocycles. The van der Waals surface area contributed by atoms with E-state index >= 15 is 0 Å². The molecule has 0 amide bonds. The predicted octanol–water partition coefficient (Wildman–Crippen LogP) is 13.5. The fraction of sp³-hybridized carbons (Fsp3) is 0.793. The minimum Gasteiger partial charge on any atom is -0.493 e. The molecule has 0 aliphatic carbocycles. The fourth-order valence-electron chi connectivity index (χ4n) is 4.56. The highest BCUT2D eigenvalue weighted by molar-refractivity contribution is 5.38. The summed E-state index contributed by atoms with van der Waals surface area (Å²) in [4.78, 5) is 0. The van der Waals surface area contributed by atoms with Crippen LogP contribution >= 0.6 is 0 Å². The zero-order valence-electron chi connectivity index (χ0n) is 30.3. The summed E-state index contributed by atoms with van der Waals surface area (Å²) < 4.78 is 466. The summed E-state index contributed by atoms with van der Waals surface area (Å²) in [6, 6.07) is 1.36. The van der Waals surface area contributed by atoms with Gasteiger partial charge in [-0.05, 0) is 30.5 Å². The van der Waals surface area contributed by atoms with Crippen molar-refractivity contribution in [2.24, 2.45) is 0 Å². The van der Waals surface area contributed by atoms with Crippen LogP contribution in [0, 0.1) is 0 Å². The van der Waals surface area contributed by atoms with Gasteiger partial charge in [0.2, 0.25) is 0 Å². The Morgan fingerprint density at radius 1 is 0.303 bits per heavy atom. The van der Waals surface area contributed by atoms with Crippen LogP contribution in [0.4, 0.5) is 149 Å². The molecule has 0 fully saturated rings. The Balaban J connectivity index is 3.21. The Kier molecular flexibility index (Phi) is 15.9. The van der Waals surface area contributed by atoms with Crippen LogP contribution in [-0.2, 0) is 6.61 Å². The van der Waals surface area contributed by atoms with E-state index in [4.69, 9.17) is 0 Å². The average molecular weight is 1060 g/mol. The quantitative estimate of drug-likeness (QED) is 0.0877. The third-order valence-corrected chi connectivity index (χ3v) is 8.50. The summed E-state index contributed by atoms with van der Waals surface area (Å²) >= 11 is 0. The van der Waals surface area contributed by atoms with E-state index in [9.17, 15) is 154 Å². The number of hydrogen-bond donors (Lipinski definition) is 1. The molecule has 1 aromatic rings. The lowest BCUT2D eigenvalue weighted by Gasteiger charge is -2.42. The third kappa shape index (κ3) is 9.18. The van der Waals surface area contributed by atoms with E-state index in [1.54, 1.807) is 0 Å². The number of halogens is 34. The highest BCUT2D eigenvalue weighted by Crippen LogP contribution is 2.66. The Labute approximate surface area is 340 Å². The molecule has 0 aliphatic heterocycles. The van der Waals surface area contributed by atoms with Gasteiger partial charge in [-0.3, -0.25) is 0 Å². The Hall–Kier alpha value is -3.60. The van der Waals surface area contributed by atoms with Gasteiger partial charge in [-0.2, -0.15) is 149 Å². The molecular weight excluding hydrogens is 1040 g/mol.